The van der Waals surface area contributed by atoms with Crippen molar-refractivity contribution in [3.8, 4) is 11.5 Å². The lowest BCUT2D eigenvalue weighted by atomic mass is 10.0. The van der Waals surface area contributed by atoms with Gasteiger partial charge in [0.05, 0.1) is 6.54 Å². The molecule has 1 aromatic carbocycles. The molecule has 26 heavy (non-hydrogen) atoms. The molecule has 7 heteroatoms. The average Bonchev–Trinajstić information content (AvgIpc) is 3.10. The minimum absolute atomic E-state index is 0.223. The van der Waals surface area contributed by atoms with Crippen LogP contribution in [0.4, 0.5) is 0 Å². The number of hydrogen-bond donors (Lipinski definition) is 1. The average molecular weight is 360 g/mol. The third-order valence-electron chi connectivity index (χ3n) is 5.63. The van der Waals surface area contributed by atoms with Crippen LogP contribution in [0.25, 0.3) is 0 Å². The highest BCUT2D eigenvalue weighted by atomic mass is 16.7. The SMILES string of the molecule is NC(=O)CN1CCC[C@@H](N2CCN(Cc3ccc4c(c3)OCO4)CC2)C1. The molecule has 7 nitrogen and oxygen atoms in total. The molecule has 3 heterocycles. The second kappa shape index (κ2) is 7.82. The smallest absolute Gasteiger partial charge is 0.231 e. The van der Waals surface area contributed by atoms with Gasteiger partial charge < -0.3 is 15.2 Å². The van der Waals surface area contributed by atoms with E-state index in [9.17, 15) is 4.79 Å². The summed E-state index contributed by atoms with van der Waals surface area (Å²) in [6, 6.07) is 6.78. The molecule has 1 aromatic rings. The summed E-state index contributed by atoms with van der Waals surface area (Å²) in [7, 11) is 0. The van der Waals surface area contributed by atoms with Gasteiger partial charge in [0.2, 0.25) is 12.7 Å². The Bertz CT molecular complexity index is 646. The monoisotopic (exact) mass is 360 g/mol. The molecule has 0 aromatic heterocycles. The van der Waals surface area contributed by atoms with Gasteiger partial charge in [-0.2, -0.15) is 0 Å². The van der Waals surface area contributed by atoms with Crippen LogP contribution in [-0.4, -0.2) is 79.3 Å². The lowest BCUT2D eigenvalue weighted by Crippen LogP contribution is -2.55. The van der Waals surface area contributed by atoms with Crippen molar-refractivity contribution < 1.29 is 14.3 Å². The molecule has 0 spiro atoms. The third-order valence-corrected chi connectivity index (χ3v) is 5.63. The number of fused-ring (bicyclic) bond motifs is 1. The Morgan fingerprint density at radius 3 is 2.69 bits per heavy atom. The van der Waals surface area contributed by atoms with Crippen LogP contribution >= 0.6 is 0 Å². The Labute approximate surface area is 154 Å². The number of primary amides is 1. The number of hydrogen-bond acceptors (Lipinski definition) is 6. The van der Waals surface area contributed by atoms with Crippen LogP contribution in [0.15, 0.2) is 18.2 Å². The third kappa shape index (κ3) is 4.11. The van der Waals surface area contributed by atoms with E-state index in [0.29, 0.717) is 19.4 Å². The molecule has 0 unspecified atom stereocenters. The maximum atomic E-state index is 11.2. The van der Waals surface area contributed by atoms with Gasteiger partial charge in [0, 0.05) is 45.3 Å². The predicted molar refractivity (Wildman–Crippen MR) is 98.1 cm³/mol. The van der Waals surface area contributed by atoms with Crippen molar-refractivity contribution in [2.45, 2.75) is 25.4 Å². The number of nitrogens with zero attached hydrogens (tertiary/aromatic N) is 3. The standard InChI is InChI=1S/C19H28N4O3/c20-19(24)13-22-5-1-2-16(12-22)23-8-6-21(7-9-23)11-15-3-4-17-18(10-15)26-14-25-17/h3-4,10,16H,1-2,5-9,11-14H2,(H2,20,24)/t16-/m1/s1. The number of rotatable bonds is 5. The summed E-state index contributed by atoms with van der Waals surface area (Å²) >= 11 is 0. The Morgan fingerprint density at radius 1 is 1.08 bits per heavy atom. The fourth-order valence-corrected chi connectivity index (χ4v) is 4.28. The minimum Gasteiger partial charge on any atom is -0.454 e. The number of carbonyl (C=O) groups excluding carboxylic acids is 1. The normalized spacial score (nSPS) is 24.7. The van der Waals surface area contributed by atoms with Crippen molar-refractivity contribution in [2.75, 3.05) is 52.6 Å². The Kier molecular flexibility index (Phi) is 5.28. The number of piperazine rings is 1. The lowest BCUT2D eigenvalue weighted by Gasteiger charge is -2.43. The van der Waals surface area contributed by atoms with Crippen molar-refractivity contribution in [1.29, 1.82) is 0 Å². The number of carbonyl (C=O) groups is 1. The van der Waals surface area contributed by atoms with Gasteiger partial charge in [-0.25, -0.2) is 0 Å². The molecule has 0 radical (unpaired) electrons. The lowest BCUT2D eigenvalue weighted by molar-refractivity contribution is -0.119. The molecule has 3 aliphatic heterocycles. The number of amides is 1. The topological polar surface area (TPSA) is 71.3 Å². The van der Waals surface area contributed by atoms with Gasteiger partial charge in [0.25, 0.3) is 0 Å². The Hall–Kier alpha value is -1.83. The van der Waals surface area contributed by atoms with Gasteiger partial charge in [0.15, 0.2) is 11.5 Å². The summed E-state index contributed by atoms with van der Waals surface area (Å²) in [5, 5.41) is 0. The Balaban J connectivity index is 1.27. The first-order valence-electron chi connectivity index (χ1n) is 9.53. The maximum Gasteiger partial charge on any atom is 0.231 e. The first-order chi connectivity index (χ1) is 12.7. The van der Waals surface area contributed by atoms with Crippen LogP contribution in [-0.2, 0) is 11.3 Å². The fraction of sp³-hybridized carbons (Fsp3) is 0.632. The molecule has 142 valence electrons. The van der Waals surface area contributed by atoms with E-state index in [1.165, 1.54) is 12.0 Å². The van der Waals surface area contributed by atoms with Crippen LogP contribution in [0.1, 0.15) is 18.4 Å². The number of ether oxygens (including phenoxy) is 2. The van der Waals surface area contributed by atoms with E-state index in [2.05, 4.69) is 26.8 Å². The largest absolute Gasteiger partial charge is 0.454 e. The molecule has 2 fully saturated rings. The summed E-state index contributed by atoms with van der Waals surface area (Å²) < 4.78 is 10.9. The summed E-state index contributed by atoms with van der Waals surface area (Å²) in [5.41, 5.74) is 6.63. The van der Waals surface area contributed by atoms with Gasteiger partial charge in [0.1, 0.15) is 0 Å². The molecule has 0 bridgehead atoms. The number of nitrogens with two attached hydrogens (primary N) is 1. The van der Waals surface area contributed by atoms with E-state index >= 15 is 0 Å². The van der Waals surface area contributed by atoms with Gasteiger partial charge in [-0.3, -0.25) is 19.5 Å². The highest BCUT2D eigenvalue weighted by Crippen LogP contribution is 2.32. The van der Waals surface area contributed by atoms with Crippen LogP contribution in [0.2, 0.25) is 0 Å². The quantitative estimate of drug-likeness (QED) is 0.824. The van der Waals surface area contributed by atoms with Crippen molar-refractivity contribution in [1.82, 2.24) is 14.7 Å². The summed E-state index contributed by atoms with van der Waals surface area (Å²) in [4.78, 5) is 18.5. The zero-order chi connectivity index (χ0) is 17.9. The molecule has 2 saturated heterocycles. The van der Waals surface area contributed by atoms with Crippen LogP contribution in [0.3, 0.4) is 0 Å². The highest BCUT2D eigenvalue weighted by molar-refractivity contribution is 5.75. The van der Waals surface area contributed by atoms with Crippen molar-refractivity contribution >= 4 is 5.91 Å². The van der Waals surface area contributed by atoms with Gasteiger partial charge in [-0.15, -0.1) is 0 Å². The number of piperidine rings is 1. The molecule has 2 N–H and O–H groups in total. The molecule has 1 amide bonds. The summed E-state index contributed by atoms with van der Waals surface area (Å²) in [6.45, 7) is 7.92. The molecule has 4 rings (SSSR count). The van der Waals surface area contributed by atoms with Gasteiger partial charge in [-0.1, -0.05) is 6.07 Å². The first kappa shape index (κ1) is 17.6. The second-order valence-corrected chi connectivity index (χ2v) is 7.50. The van der Waals surface area contributed by atoms with Crippen LogP contribution in [0, 0.1) is 0 Å². The molecular weight excluding hydrogens is 332 g/mol. The zero-order valence-corrected chi connectivity index (χ0v) is 15.2. The number of likely N-dealkylation sites (tertiary alicyclic amines) is 1. The van der Waals surface area contributed by atoms with Gasteiger partial charge >= 0.3 is 0 Å². The first-order valence-corrected chi connectivity index (χ1v) is 9.53. The van der Waals surface area contributed by atoms with Gasteiger partial charge in [-0.05, 0) is 37.1 Å². The van der Waals surface area contributed by atoms with Crippen LogP contribution < -0.4 is 15.2 Å². The molecule has 3 aliphatic rings. The van der Waals surface area contributed by atoms with Crippen molar-refractivity contribution in [3.63, 3.8) is 0 Å². The molecule has 0 saturated carbocycles. The van der Waals surface area contributed by atoms with Crippen LogP contribution in [0.5, 0.6) is 11.5 Å². The molecular formula is C19H28N4O3. The predicted octanol–water partition coefficient (Wildman–Crippen LogP) is 0.483. The molecule has 1 atom stereocenters. The van der Waals surface area contributed by atoms with E-state index in [1.807, 2.05) is 6.07 Å². The van der Waals surface area contributed by atoms with E-state index in [0.717, 1.165) is 63.7 Å². The van der Waals surface area contributed by atoms with E-state index in [1.54, 1.807) is 0 Å². The van der Waals surface area contributed by atoms with E-state index in [-0.39, 0.29) is 5.91 Å². The Morgan fingerprint density at radius 2 is 1.88 bits per heavy atom. The maximum absolute atomic E-state index is 11.2. The van der Waals surface area contributed by atoms with E-state index in [4.69, 9.17) is 15.2 Å². The fourth-order valence-electron chi connectivity index (χ4n) is 4.28. The summed E-state index contributed by atoms with van der Waals surface area (Å²) in [6.07, 6.45) is 2.37. The minimum atomic E-state index is -0.223. The van der Waals surface area contributed by atoms with Crippen molar-refractivity contribution in [2.24, 2.45) is 5.73 Å². The molecule has 0 aliphatic carbocycles. The van der Waals surface area contributed by atoms with Crippen molar-refractivity contribution in [3.05, 3.63) is 23.8 Å². The second-order valence-electron chi connectivity index (χ2n) is 7.50. The zero-order valence-electron chi connectivity index (χ0n) is 15.2. The number of benzene rings is 1. The highest BCUT2D eigenvalue weighted by Gasteiger charge is 2.28. The van der Waals surface area contributed by atoms with E-state index < -0.39 is 0 Å². The summed E-state index contributed by atoms with van der Waals surface area (Å²) in [5.74, 6) is 1.48.